The zero-order chi connectivity index (χ0) is 22.6. The van der Waals surface area contributed by atoms with Crippen molar-refractivity contribution >= 4 is 33.9 Å². The second-order valence-corrected chi connectivity index (χ2v) is 6.34. The molecule has 0 saturated heterocycles. The molecule has 0 bridgehead atoms. The molecule has 0 spiro atoms. The zero-order valence-corrected chi connectivity index (χ0v) is 16.5. The number of anilines is 3. The fourth-order valence-corrected chi connectivity index (χ4v) is 2.89. The molecular formula is C21H17F3N4O3. The Bertz CT molecular complexity index is 1160. The fraction of sp³-hybridized carbons (Fsp3) is 0.190. The van der Waals surface area contributed by atoms with Gasteiger partial charge in [0.1, 0.15) is 17.6 Å². The van der Waals surface area contributed by atoms with Gasteiger partial charge in [0.25, 0.3) is 0 Å². The van der Waals surface area contributed by atoms with Crippen LogP contribution in [0, 0.1) is 11.3 Å². The van der Waals surface area contributed by atoms with Gasteiger partial charge in [-0.2, -0.15) is 5.26 Å². The van der Waals surface area contributed by atoms with Crippen molar-refractivity contribution in [3.8, 4) is 17.6 Å². The van der Waals surface area contributed by atoms with Crippen LogP contribution in [0.1, 0.15) is 19.4 Å². The van der Waals surface area contributed by atoms with Crippen LogP contribution in [-0.2, 0) is 4.79 Å². The summed E-state index contributed by atoms with van der Waals surface area (Å²) < 4.78 is 46.5. The van der Waals surface area contributed by atoms with E-state index >= 15 is 0 Å². The Morgan fingerprint density at radius 3 is 2.52 bits per heavy atom. The first-order valence-corrected chi connectivity index (χ1v) is 9.10. The van der Waals surface area contributed by atoms with Crippen LogP contribution in [0.15, 0.2) is 42.6 Å². The van der Waals surface area contributed by atoms with E-state index in [0.717, 1.165) is 12.1 Å². The number of nitrogens with one attached hydrogen (secondary N) is 2. The van der Waals surface area contributed by atoms with Crippen LogP contribution in [0.4, 0.5) is 30.2 Å². The summed E-state index contributed by atoms with van der Waals surface area (Å²) in [6, 6.07) is 10.4. The highest BCUT2D eigenvalue weighted by molar-refractivity contribution is 6.01. The van der Waals surface area contributed by atoms with Crippen LogP contribution in [0.2, 0.25) is 0 Å². The zero-order valence-electron chi connectivity index (χ0n) is 16.5. The predicted molar refractivity (Wildman–Crippen MR) is 108 cm³/mol. The number of fused-ring (bicyclic) bond motifs is 1. The first-order valence-electron chi connectivity index (χ1n) is 9.10. The Labute approximate surface area is 175 Å². The summed E-state index contributed by atoms with van der Waals surface area (Å²) in [7, 11) is 0. The number of nitriles is 1. The summed E-state index contributed by atoms with van der Waals surface area (Å²) in [4.78, 5) is 15.9. The minimum Gasteiger partial charge on any atom is -0.492 e. The first kappa shape index (κ1) is 21.7. The van der Waals surface area contributed by atoms with Crippen molar-refractivity contribution in [3.05, 3.63) is 48.2 Å². The van der Waals surface area contributed by atoms with Crippen LogP contribution in [0.3, 0.4) is 0 Å². The van der Waals surface area contributed by atoms with Gasteiger partial charge in [-0.1, -0.05) is 0 Å². The average Bonchev–Trinajstić information content (AvgIpc) is 2.69. The molecule has 2 N–H and O–H groups in total. The number of hydrogen-bond acceptors (Lipinski definition) is 6. The van der Waals surface area contributed by atoms with Crippen molar-refractivity contribution in [1.82, 2.24) is 4.98 Å². The van der Waals surface area contributed by atoms with Gasteiger partial charge in [-0.15, -0.1) is 13.2 Å². The van der Waals surface area contributed by atoms with E-state index in [9.17, 15) is 23.2 Å². The predicted octanol–water partition coefficient (Wildman–Crippen LogP) is 5.11. The highest BCUT2D eigenvalue weighted by Gasteiger charge is 2.31. The number of halogens is 3. The Morgan fingerprint density at radius 1 is 1.23 bits per heavy atom. The molecule has 0 radical (unpaired) electrons. The van der Waals surface area contributed by atoms with Gasteiger partial charge in [0, 0.05) is 30.3 Å². The highest BCUT2D eigenvalue weighted by Crippen LogP contribution is 2.36. The lowest BCUT2D eigenvalue weighted by Gasteiger charge is -2.16. The molecule has 0 atom stereocenters. The number of amides is 1. The molecule has 0 fully saturated rings. The molecule has 3 aromatic rings. The SMILES string of the molecule is CCOc1cc2ncc(C#N)c(Nc3ccc(OC(F)(F)F)cc3)c2cc1NC(C)=O. The molecule has 0 saturated carbocycles. The maximum Gasteiger partial charge on any atom is 0.573 e. The number of alkyl halides is 3. The van der Waals surface area contributed by atoms with E-state index in [4.69, 9.17) is 4.74 Å². The Balaban J connectivity index is 2.05. The molecule has 1 aromatic heterocycles. The topological polar surface area (TPSA) is 96.3 Å². The Morgan fingerprint density at radius 2 is 1.94 bits per heavy atom. The normalized spacial score (nSPS) is 11.0. The number of ether oxygens (including phenoxy) is 2. The number of carbonyl (C=O) groups excluding carboxylic acids is 1. The van der Waals surface area contributed by atoms with Crippen molar-refractivity contribution < 1.29 is 27.4 Å². The van der Waals surface area contributed by atoms with Crippen LogP contribution in [-0.4, -0.2) is 23.9 Å². The lowest BCUT2D eigenvalue weighted by molar-refractivity contribution is -0.274. The summed E-state index contributed by atoms with van der Waals surface area (Å²) in [6.45, 7) is 3.52. The smallest absolute Gasteiger partial charge is 0.492 e. The molecular weight excluding hydrogens is 413 g/mol. The van der Waals surface area contributed by atoms with Gasteiger partial charge in [0.15, 0.2) is 0 Å². The van der Waals surface area contributed by atoms with Gasteiger partial charge in [-0.05, 0) is 37.3 Å². The lowest BCUT2D eigenvalue weighted by atomic mass is 10.1. The third-order valence-corrected chi connectivity index (χ3v) is 4.06. The van der Waals surface area contributed by atoms with E-state index in [1.165, 1.54) is 25.3 Å². The van der Waals surface area contributed by atoms with Crippen molar-refractivity contribution in [2.24, 2.45) is 0 Å². The number of rotatable bonds is 6. The van der Waals surface area contributed by atoms with E-state index in [1.54, 1.807) is 19.1 Å². The van der Waals surface area contributed by atoms with Gasteiger partial charge < -0.3 is 20.1 Å². The maximum absolute atomic E-state index is 12.4. The number of nitrogens with zero attached hydrogens (tertiary/aromatic N) is 2. The average molecular weight is 430 g/mol. The monoisotopic (exact) mass is 430 g/mol. The second-order valence-electron chi connectivity index (χ2n) is 6.34. The summed E-state index contributed by atoms with van der Waals surface area (Å²) in [5.41, 5.74) is 1.91. The fourth-order valence-electron chi connectivity index (χ4n) is 2.89. The molecule has 0 aliphatic carbocycles. The third-order valence-electron chi connectivity index (χ3n) is 4.06. The number of carbonyl (C=O) groups is 1. The van der Waals surface area contributed by atoms with E-state index in [1.807, 2.05) is 6.07 Å². The lowest BCUT2D eigenvalue weighted by Crippen LogP contribution is -2.16. The van der Waals surface area contributed by atoms with Crippen molar-refractivity contribution in [2.45, 2.75) is 20.2 Å². The largest absolute Gasteiger partial charge is 0.573 e. The number of pyridine rings is 1. The number of benzene rings is 2. The standard InChI is InChI=1S/C21H17F3N4O3/c1-3-30-19-9-17-16(8-18(19)27-12(2)29)20(13(10-25)11-26-17)28-14-4-6-15(7-5-14)31-21(22,23)24/h4-9,11H,3H2,1-2H3,(H,26,28)(H,27,29). The molecule has 10 heteroatoms. The molecule has 0 unspecified atom stereocenters. The van der Waals surface area contributed by atoms with Gasteiger partial charge in [-0.25, -0.2) is 0 Å². The minimum absolute atomic E-state index is 0.209. The van der Waals surface area contributed by atoms with E-state index < -0.39 is 6.36 Å². The van der Waals surface area contributed by atoms with Gasteiger partial charge >= 0.3 is 6.36 Å². The molecule has 1 amide bonds. The van der Waals surface area contributed by atoms with Crippen LogP contribution < -0.4 is 20.1 Å². The second kappa shape index (κ2) is 8.79. The summed E-state index contributed by atoms with van der Waals surface area (Å²) >= 11 is 0. The summed E-state index contributed by atoms with van der Waals surface area (Å²) in [6.07, 6.45) is -3.41. The number of aromatic nitrogens is 1. The van der Waals surface area contributed by atoms with E-state index in [0.29, 0.717) is 40.3 Å². The van der Waals surface area contributed by atoms with Gasteiger partial charge in [0.2, 0.25) is 5.91 Å². The molecule has 0 aliphatic rings. The van der Waals surface area contributed by atoms with E-state index in [-0.39, 0.29) is 17.2 Å². The molecule has 7 nitrogen and oxygen atoms in total. The quantitative estimate of drug-likeness (QED) is 0.565. The van der Waals surface area contributed by atoms with Crippen molar-refractivity contribution in [3.63, 3.8) is 0 Å². The first-order chi connectivity index (χ1) is 14.7. The molecule has 1 heterocycles. The Hall–Kier alpha value is -4.00. The molecule has 0 aliphatic heterocycles. The minimum atomic E-state index is -4.79. The highest BCUT2D eigenvalue weighted by atomic mass is 19.4. The van der Waals surface area contributed by atoms with Gasteiger partial charge in [0.05, 0.1) is 29.1 Å². The van der Waals surface area contributed by atoms with Gasteiger partial charge in [-0.3, -0.25) is 9.78 Å². The summed E-state index contributed by atoms with van der Waals surface area (Å²) in [5.74, 6) is -0.256. The molecule has 31 heavy (non-hydrogen) atoms. The summed E-state index contributed by atoms with van der Waals surface area (Å²) in [5, 5.41) is 15.7. The van der Waals surface area contributed by atoms with Crippen molar-refractivity contribution in [1.29, 1.82) is 5.26 Å². The van der Waals surface area contributed by atoms with Crippen LogP contribution in [0.25, 0.3) is 10.9 Å². The van der Waals surface area contributed by atoms with Crippen molar-refractivity contribution in [2.75, 3.05) is 17.2 Å². The molecule has 2 aromatic carbocycles. The molecule has 3 rings (SSSR count). The maximum atomic E-state index is 12.4. The van der Waals surface area contributed by atoms with E-state index in [2.05, 4.69) is 20.4 Å². The van der Waals surface area contributed by atoms with Crippen LogP contribution >= 0.6 is 0 Å². The number of hydrogen-bond donors (Lipinski definition) is 2. The molecule has 160 valence electrons. The van der Waals surface area contributed by atoms with Crippen LogP contribution in [0.5, 0.6) is 11.5 Å². The third kappa shape index (κ3) is 5.33. The Kier molecular flexibility index (Phi) is 6.15.